The molecule has 0 aromatic carbocycles. The van der Waals surface area contributed by atoms with Crippen LogP contribution in [0.4, 0.5) is 43.9 Å². The summed E-state index contributed by atoms with van der Waals surface area (Å²) < 4.78 is 78.4. The first-order chi connectivity index (χ1) is 16.6. The van der Waals surface area contributed by atoms with Gasteiger partial charge in [0, 0.05) is 11.9 Å². The van der Waals surface area contributed by atoms with Gasteiger partial charge in [-0.3, -0.25) is 9.97 Å². The number of hydrogen-bond donors (Lipinski definition) is 2. The quantitative estimate of drug-likeness (QED) is 0.445. The molecule has 182 valence electrons. The minimum atomic E-state index is -4.81. The summed E-state index contributed by atoms with van der Waals surface area (Å²) in [7, 11) is 0. The van der Waals surface area contributed by atoms with Gasteiger partial charge in [-0.15, -0.1) is 0 Å². The average molecular weight is 495 g/mol. The van der Waals surface area contributed by atoms with Gasteiger partial charge in [0.05, 0.1) is 29.6 Å². The molecule has 9 nitrogen and oxygen atoms in total. The van der Waals surface area contributed by atoms with Crippen molar-refractivity contribution in [3.8, 4) is 17.6 Å². The molecule has 0 aliphatic heterocycles. The van der Waals surface area contributed by atoms with Crippen molar-refractivity contribution >= 4 is 17.6 Å². The monoisotopic (exact) mass is 495 g/mol. The van der Waals surface area contributed by atoms with Crippen LogP contribution in [0.3, 0.4) is 0 Å². The second kappa shape index (κ2) is 9.28. The first kappa shape index (κ1) is 24.0. The highest BCUT2D eigenvalue weighted by Gasteiger charge is 2.46. The van der Waals surface area contributed by atoms with E-state index in [0.717, 1.165) is 6.20 Å². The van der Waals surface area contributed by atoms with Crippen LogP contribution in [0.5, 0.6) is 0 Å². The third kappa shape index (κ3) is 5.36. The molecular weight excluding hydrogens is 480 g/mol. The van der Waals surface area contributed by atoms with E-state index < -0.39 is 53.9 Å². The molecule has 15 heteroatoms. The molecule has 0 saturated heterocycles. The van der Waals surface area contributed by atoms with Crippen molar-refractivity contribution in [2.45, 2.75) is 36.9 Å². The molecule has 1 fully saturated rings. The van der Waals surface area contributed by atoms with E-state index in [0.29, 0.717) is 30.4 Å². The van der Waals surface area contributed by atoms with Gasteiger partial charge in [-0.1, -0.05) is 0 Å². The lowest BCUT2D eigenvalue weighted by Gasteiger charge is -2.16. The average Bonchev–Trinajstić information content (AvgIpc) is 3.63. The first-order valence-corrected chi connectivity index (χ1v) is 10.0. The maximum atomic E-state index is 13.1. The van der Waals surface area contributed by atoms with Gasteiger partial charge in [-0.05, 0) is 25.0 Å². The Hall–Kier alpha value is -4.09. The number of nitriles is 1. The normalized spacial score (nSPS) is 15.4. The minimum Gasteiger partial charge on any atom is -0.343 e. The molecule has 35 heavy (non-hydrogen) atoms. The summed E-state index contributed by atoms with van der Waals surface area (Å²) in [6, 6.07) is 3.32. The Morgan fingerprint density at radius 2 is 1.83 bits per heavy atom. The second-order valence-corrected chi connectivity index (χ2v) is 7.58. The van der Waals surface area contributed by atoms with Crippen molar-refractivity contribution in [1.82, 2.24) is 29.9 Å². The van der Waals surface area contributed by atoms with Crippen molar-refractivity contribution in [3.05, 3.63) is 42.1 Å². The van der Waals surface area contributed by atoms with Crippen molar-refractivity contribution in [2.75, 3.05) is 17.3 Å². The SMILES string of the molecule is N#CC1(c2cc(Nc3nc(NC(CF)C(F)F)nc(-c4cncc(C(F)(F)F)n4)n3)ccn2)CC1. The number of rotatable bonds is 8. The van der Waals surface area contributed by atoms with Crippen LogP contribution in [0.25, 0.3) is 11.5 Å². The Kier molecular flexibility index (Phi) is 6.37. The molecule has 0 amide bonds. The first-order valence-electron chi connectivity index (χ1n) is 10.0. The van der Waals surface area contributed by atoms with Crippen LogP contribution >= 0.6 is 0 Å². The zero-order valence-corrected chi connectivity index (χ0v) is 17.6. The highest BCUT2D eigenvalue weighted by Crippen LogP contribution is 2.47. The van der Waals surface area contributed by atoms with Gasteiger partial charge in [0.25, 0.3) is 6.43 Å². The summed E-state index contributed by atoms with van der Waals surface area (Å²) in [6.45, 7) is -1.46. The summed E-state index contributed by atoms with van der Waals surface area (Å²) in [6.07, 6.45) is -3.77. The number of anilines is 3. The third-order valence-electron chi connectivity index (χ3n) is 5.04. The third-order valence-corrected chi connectivity index (χ3v) is 5.04. The Labute approximate surface area is 193 Å². The van der Waals surface area contributed by atoms with Crippen LogP contribution in [-0.4, -0.2) is 49.0 Å². The molecular formula is C20H15F6N9. The lowest BCUT2D eigenvalue weighted by atomic mass is 10.0. The van der Waals surface area contributed by atoms with Crippen LogP contribution < -0.4 is 10.6 Å². The highest BCUT2D eigenvalue weighted by atomic mass is 19.4. The summed E-state index contributed by atoms with van der Waals surface area (Å²) in [4.78, 5) is 22.9. The van der Waals surface area contributed by atoms with E-state index in [1.165, 1.54) is 12.3 Å². The Morgan fingerprint density at radius 1 is 1.09 bits per heavy atom. The summed E-state index contributed by atoms with van der Waals surface area (Å²) in [5.41, 5.74) is -1.58. The standard InChI is InChI=1S/C20H15F6N9/c21-6-11(15(22)23)32-18-34-16(12-7-28-8-14(31-12)20(24,25)26)33-17(35-18)30-10-1-4-29-13(5-10)19(9-27)2-3-19/h1,4-5,7-8,11,15H,2-3,6H2,(H2,29,30,32,33,34,35). The number of aromatic nitrogens is 6. The number of nitrogens with one attached hydrogen (secondary N) is 2. The van der Waals surface area contributed by atoms with E-state index >= 15 is 0 Å². The fourth-order valence-corrected chi connectivity index (χ4v) is 3.01. The molecule has 3 heterocycles. The summed E-state index contributed by atoms with van der Waals surface area (Å²) in [5.74, 6) is -1.22. The molecule has 1 saturated carbocycles. The smallest absolute Gasteiger partial charge is 0.343 e. The molecule has 1 aliphatic rings. The van der Waals surface area contributed by atoms with E-state index in [-0.39, 0.29) is 5.95 Å². The van der Waals surface area contributed by atoms with Gasteiger partial charge >= 0.3 is 6.18 Å². The minimum absolute atomic E-state index is 0.262. The van der Waals surface area contributed by atoms with E-state index in [2.05, 4.69) is 46.6 Å². The van der Waals surface area contributed by atoms with Gasteiger partial charge in [-0.25, -0.2) is 18.2 Å². The van der Waals surface area contributed by atoms with Gasteiger partial charge in [-0.2, -0.15) is 33.4 Å². The van der Waals surface area contributed by atoms with Gasteiger partial charge in [0.2, 0.25) is 11.9 Å². The molecule has 3 aromatic heterocycles. The molecule has 2 N–H and O–H groups in total. The van der Waals surface area contributed by atoms with Crippen LogP contribution in [0.15, 0.2) is 30.7 Å². The predicted molar refractivity (Wildman–Crippen MR) is 109 cm³/mol. The van der Waals surface area contributed by atoms with Crippen LogP contribution in [0.1, 0.15) is 24.2 Å². The van der Waals surface area contributed by atoms with E-state index in [1.54, 1.807) is 6.07 Å². The number of halogens is 6. The molecule has 0 radical (unpaired) electrons. The van der Waals surface area contributed by atoms with Gasteiger partial charge in [0.1, 0.15) is 18.4 Å². The zero-order chi connectivity index (χ0) is 25.2. The maximum Gasteiger partial charge on any atom is 0.434 e. The lowest BCUT2D eigenvalue weighted by Crippen LogP contribution is -2.31. The Morgan fingerprint density at radius 3 is 2.46 bits per heavy atom. The lowest BCUT2D eigenvalue weighted by molar-refractivity contribution is -0.141. The number of hydrogen-bond acceptors (Lipinski definition) is 9. The fraction of sp³-hybridized carbons (Fsp3) is 0.350. The zero-order valence-electron chi connectivity index (χ0n) is 17.6. The van der Waals surface area contributed by atoms with Crippen molar-refractivity contribution in [1.29, 1.82) is 5.26 Å². The molecule has 4 rings (SSSR count). The second-order valence-electron chi connectivity index (χ2n) is 7.58. The maximum absolute atomic E-state index is 13.1. The van der Waals surface area contributed by atoms with Crippen LogP contribution in [0.2, 0.25) is 0 Å². The number of alkyl halides is 6. The number of pyridine rings is 1. The molecule has 0 bridgehead atoms. The molecule has 1 atom stereocenters. The van der Waals surface area contributed by atoms with E-state index in [9.17, 15) is 31.6 Å². The Bertz CT molecular complexity index is 1260. The van der Waals surface area contributed by atoms with Gasteiger partial charge < -0.3 is 10.6 Å². The van der Waals surface area contributed by atoms with E-state index in [1.807, 2.05) is 0 Å². The summed E-state index contributed by atoms with van der Waals surface area (Å²) >= 11 is 0. The van der Waals surface area contributed by atoms with Crippen LogP contribution in [0, 0.1) is 11.3 Å². The fourth-order valence-electron chi connectivity index (χ4n) is 3.01. The number of nitrogens with zero attached hydrogens (tertiary/aromatic N) is 7. The Balaban J connectivity index is 1.72. The van der Waals surface area contributed by atoms with Crippen molar-refractivity contribution in [3.63, 3.8) is 0 Å². The topological polar surface area (TPSA) is 125 Å². The highest BCUT2D eigenvalue weighted by molar-refractivity contribution is 5.59. The van der Waals surface area contributed by atoms with Crippen molar-refractivity contribution < 1.29 is 26.3 Å². The van der Waals surface area contributed by atoms with Crippen LogP contribution in [-0.2, 0) is 11.6 Å². The predicted octanol–water partition coefficient (Wildman–Crippen LogP) is 4.06. The summed E-state index contributed by atoms with van der Waals surface area (Å²) in [5, 5.41) is 14.3. The molecule has 1 unspecified atom stereocenters. The molecule has 3 aromatic rings. The van der Waals surface area contributed by atoms with Crippen molar-refractivity contribution in [2.24, 2.45) is 0 Å². The largest absolute Gasteiger partial charge is 0.434 e. The molecule has 0 spiro atoms. The van der Waals surface area contributed by atoms with E-state index in [4.69, 9.17) is 0 Å². The van der Waals surface area contributed by atoms with Gasteiger partial charge in [0.15, 0.2) is 11.5 Å². The molecule has 1 aliphatic carbocycles.